The number of rotatable bonds is 31. The van der Waals surface area contributed by atoms with Crippen LogP contribution >= 0.6 is 0 Å². The summed E-state index contributed by atoms with van der Waals surface area (Å²) in [4.78, 5) is 33.3. The summed E-state index contributed by atoms with van der Waals surface area (Å²) in [5.41, 5.74) is 1.11. The molecule has 0 N–H and O–H groups in total. The van der Waals surface area contributed by atoms with Gasteiger partial charge in [0.05, 0.1) is 105 Å². The van der Waals surface area contributed by atoms with Crippen LogP contribution in [0.5, 0.6) is 0 Å². The first-order valence-corrected chi connectivity index (χ1v) is 20.2. The van der Waals surface area contributed by atoms with Gasteiger partial charge in [-0.3, -0.25) is 9.69 Å². The Kier molecular flexibility index (Phi) is 20.7. The molecule has 0 radical (unpaired) electrons. The van der Waals surface area contributed by atoms with Crippen molar-refractivity contribution in [1.29, 1.82) is 0 Å². The molecule has 1 aromatic carbocycles. The molecule has 0 unspecified atom stereocenters. The van der Waals surface area contributed by atoms with Gasteiger partial charge in [0.1, 0.15) is 0 Å². The van der Waals surface area contributed by atoms with Gasteiger partial charge in [0.2, 0.25) is 0 Å². The van der Waals surface area contributed by atoms with Crippen LogP contribution in [0, 0.1) is 5.92 Å². The van der Waals surface area contributed by atoms with Gasteiger partial charge in [-0.2, -0.15) is 0 Å². The second-order valence-corrected chi connectivity index (χ2v) is 15.0. The van der Waals surface area contributed by atoms with Crippen LogP contribution in [0.1, 0.15) is 63.4 Å². The molecule has 13 nitrogen and oxygen atoms in total. The number of carbonyl (C=O) groups is 2. The number of ketones is 1. The maximum Gasteiger partial charge on any atom is 0.321 e. The predicted molar refractivity (Wildman–Crippen MR) is 206 cm³/mol. The van der Waals surface area contributed by atoms with Gasteiger partial charge in [0, 0.05) is 38.8 Å². The van der Waals surface area contributed by atoms with Gasteiger partial charge in [0.15, 0.2) is 5.78 Å². The Bertz CT molecular complexity index is 1160. The van der Waals surface area contributed by atoms with Crippen molar-refractivity contribution < 1.29 is 47.5 Å². The highest BCUT2D eigenvalue weighted by Gasteiger charge is 2.55. The van der Waals surface area contributed by atoms with E-state index < -0.39 is 0 Å². The SMILES string of the molecule is COCCOCCOCCOCCOCCOCCOCCOCCCC(=O)CN1CC2(CCC(c3ccccc3)(N(C)C)CC2)N(CC2CCC2)C1=O. The molecule has 0 aromatic heterocycles. The Morgan fingerprint density at radius 2 is 1.19 bits per heavy atom. The van der Waals surface area contributed by atoms with Crippen molar-refractivity contribution >= 4 is 11.8 Å². The van der Waals surface area contributed by atoms with Crippen LogP contribution in [-0.4, -0.2) is 172 Å². The van der Waals surface area contributed by atoms with Crippen molar-refractivity contribution in [3.05, 3.63) is 35.9 Å². The maximum absolute atomic E-state index is 13.9. The molecule has 2 amide bonds. The zero-order valence-electron chi connectivity index (χ0n) is 33.5. The summed E-state index contributed by atoms with van der Waals surface area (Å²) in [5, 5.41) is 0. The number of benzene rings is 1. The van der Waals surface area contributed by atoms with Crippen molar-refractivity contribution in [2.45, 2.75) is 68.9 Å². The largest absolute Gasteiger partial charge is 0.382 e. The lowest BCUT2D eigenvalue weighted by atomic mass is 9.68. The van der Waals surface area contributed by atoms with Gasteiger partial charge in [0.25, 0.3) is 0 Å². The molecule has 13 heteroatoms. The van der Waals surface area contributed by atoms with Crippen LogP contribution in [0.2, 0.25) is 0 Å². The highest BCUT2D eigenvalue weighted by atomic mass is 16.6. The summed E-state index contributed by atoms with van der Waals surface area (Å²) < 4.78 is 43.5. The van der Waals surface area contributed by atoms with Crippen LogP contribution < -0.4 is 0 Å². The first-order chi connectivity index (χ1) is 26.4. The van der Waals surface area contributed by atoms with E-state index in [1.165, 1.54) is 24.8 Å². The second kappa shape index (κ2) is 25.1. The fourth-order valence-electron chi connectivity index (χ4n) is 7.74. The lowest BCUT2D eigenvalue weighted by Crippen LogP contribution is -2.56. The van der Waals surface area contributed by atoms with Crippen LogP contribution in [0.25, 0.3) is 0 Å². The van der Waals surface area contributed by atoms with Crippen molar-refractivity contribution in [1.82, 2.24) is 14.7 Å². The monoisotopic (exact) mass is 763 g/mol. The van der Waals surface area contributed by atoms with Crippen LogP contribution in [-0.2, 0) is 48.2 Å². The Morgan fingerprint density at radius 1 is 0.704 bits per heavy atom. The van der Waals surface area contributed by atoms with E-state index in [2.05, 4.69) is 54.2 Å². The van der Waals surface area contributed by atoms with E-state index in [1.807, 2.05) is 4.90 Å². The average Bonchev–Trinajstić information content (AvgIpc) is 3.40. The van der Waals surface area contributed by atoms with Crippen LogP contribution in [0.4, 0.5) is 4.79 Å². The summed E-state index contributed by atoms with van der Waals surface area (Å²) in [6, 6.07) is 10.9. The molecule has 54 heavy (non-hydrogen) atoms. The Hall–Kier alpha value is -2.20. The number of urea groups is 1. The number of methoxy groups -OCH3 is 1. The standard InChI is InChI=1S/C41H69N3O10/c1-42(2)41(37-11-5-4-6-12-37)16-14-40(15-17-41)35-43(39(46)44(40)33-36-9-7-10-36)34-38(45)13-8-18-48-21-22-50-25-26-52-29-30-54-32-31-53-28-27-51-24-23-49-20-19-47-3/h4-6,11-12,36H,7-10,13-35H2,1-3H3. The molecule has 0 atom stereocenters. The molecular weight excluding hydrogens is 694 g/mol. The van der Waals surface area contributed by atoms with Gasteiger partial charge >= 0.3 is 6.03 Å². The molecule has 308 valence electrons. The number of carbonyl (C=O) groups excluding carboxylic acids is 2. The summed E-state index contributed by atoms with van der Waals surface area (Å²) in [6.45, 7) is 9.35. The molecular formula is C41H69N3O10. The average molecular weight is 764 g/mol. The molecule has 1 saturated heterocycles. The number of hydrogen-bond acceptors (Lipinski definition) is 11. The minimum absolute atomic E-state index is 0.0375. The van der Waals surface area contributed by atoms with Crippen LogP contribution in [0.15, 0.2) is 30.3 Å². The quantitative estimate of drug-likeness (QED) is 0.100. The number of amides is 2. The number of hydrogen-bond donors (Lipinski definition) is 0. The molecule has 1 aliphatic heterocycles. The smallest absolute Gasteiger partial charge is 0.321 e. The lowest BCUT2D eigenvalue weighted by Gasteiger charge is -2.51. The minimum Gasteiger partial charge on any atom is -0.382 e. The van der Waals surface area contributed by atoms with E-state index in [-0.39, 0.29) is 29.4 Å². The molecule has 2 aliphatic carbocycles. The zero-order valence-corrected chi connectivity index (χ0v) is 33.5. The maximum atomic E-state index is 13.9. The zero-order chi connectivity index (χ0) is 38.3. The number of nitrogens with zero attached hydrogens (tertiary/aromatic N) is 3. The summed E-state index contributed by atoms with van der Waals surface area (Å²) in [5.74, 6) is 0.683. The Balaban J connectivity index is 0.996. The third-order valence-corrected chi connectivity index (χ3v) is 11.2. The third-order valence-electron chi connectivity index (χ3n) is 11.2. The van der Waals surface area contributed by atoms with Gasteiger partial charge in [-0.1, -0.05) is 36.8 Å². The third kappa shape index (κ3) is 14.4. The van der Waals surface area contributed by atoms with E-state index in [0.29, 0.717) is 124 Å². The second-order valence-electron chi connectivity index (χ2n) is 15.0. The first-order valence-electron chi connectivity index (χ1n) is 20.2. The van der Waals surface area contributed by atoms with E-state index in [1.54, 1.807) is 7.11 Å². The van der Waals surface area contributed by atoms with Gasteiger partial charge in [-0.25, -0.2) is 4.79 Å². The molecule has 3 aliphatic rings. The van der Waals surface area contributed by atoms with E-state index in [4.69, 9.17) is 37.9 Å². The van der Waals surface area contributed by atoms with Gasteiger partial charge in [-0.15, -0.1) is 0 Å². The van der Waals surface area contributed by atoms with Crippen molar-refractivity contribution in [3.8, 4) is 0 Å². The first kappa shape index (κ1) is 44.5. The fraction of sp³-hybridized carbons (Fsp3) is 0.805. The van der Waals surface area contributed by atoms with Crippen molar-refractivity contribution in [2.24, 2.45) is 5.92 Å². The predicted octanol–water partition coefficient (Wildman–Crippen LogP) is 4.41. The molecule has 4 rings (SSSR count). The summed E-state index contributed by atoms with van der Waals surface area (Å²) >= 11 is 0. The van der Waals surface area contributed by atoms with Gasteiger partial charge in [-0.05, 0) is 70.5 Å². The lowest BCUT2D eigenvalue weighted by molar-refractivity contribution is -0.120. The Labute approximate surface area is 324 Å². The summed E-state index contributed by atoms with van der Waals surface area (Å²) in [7, 11) is 6.00. The highest BCUT2D eigenvalue weighted by Crippen LogP contribution is 2.49. The fourth-order valence-corrected chi connectivity index (χ4v) is 7.74. The molecule has 1 heterocycles. The molecule has 0 bridgehead atoms. The van der Waals surface area contributed by atoms with Crippen molar-refractivity contribution in [3.63, 3.8) is 0 Å². The molecule has 2 saturated carbocycles. The number of ether oxygens (including phenoxy) is 8. The number of Topliss-reactive ketones (excluding diaryl/α,β-unsaturated/α-hetero) is 1. The normalized spacial score (nSPS) is 21.8. The summed E-state index contributed by atoms with van der Waals surface area (Å²) in [6.07, 6.45) is 8.55. The van der Waals surface area contributed by atoms with Crippen molar-refractivity contribution in [2.75, 3.05) is 140 Å². The highest BCUT2D eigenvalue weighted by molar-refractivity contribution is 5.87. The van der Waals surface area contributed by atoms with E-state index >= 15 is 0 Å². The topological polar surface area (TPSA) is 118 Å². The van der Waals surface area contributed by atoms with E-state index in [0.717, 1.165) is 32.2 Å². The van der Waals surface area contributed by atoms with E-state index in [9.17, 15) is 9.59 Å². The Morgan fingerprint density at radius 3 is 1.63 bits per heavy atom. The molecule has 1 aromatic rings. The van der Waals surface area contributed by atoms with Gasteiger partial charge < -0.3 is 47.7 Å². The van der Waals surface area contributed by atoms with Crippen LogP contribution in [0.3, 0.4) is 0 Å². The molecule has 1 spiro atoms. The minimum atomic E-state index is -0.198. The molecule has 3 fully saturated rings.